The first-order valence-electron chi connectivity index (χ1n) is 5.26. The molecule has 0 unspecified atom stereocenters. The van der Waals surface area contributed by atoms with Crippen molar-refractivity contribution in [2.75, 3.05) is 7.11 Å². The van der Waals surface area contributed by atoms with Crippen LogP contribution >= 0.6 is 34.8 Å². The van der Waals surface area contributed by atoms with Crippen LogP contribution in [0.3, 0.4) is 0 Å². The van der Waals surface area contributed by atoms with Gasteiger partial charge in [-0.2, -0.15) is 5.10 Å². The van der Waals surface area contributed by atoms with Gasteiger partial charge >= 0.3 is 0 Å². The highest BCUT2D eigenvalue weighted by molar-refractivity contribution is 6.41. The molecule has 0 aliphatic heterocycles. The molecule has 100 valence electrons. The predicted molar refractivity (Wildman–Crippen MR) is 75.6 cm³/mol. The summed E-state index contributed by atoms with van der Waals surface area (Å²) in [6, 6.07) is 5.13. The molecule has 0 amide bonds. The van der Waals surface area contributed by atoms with Crippen molar-refractivity contribution < 1.29 is 4.74 Å². The number of rotatable bonds is 3. The molecule has 0 radical (unpaired) electrons. The van der Waals surface area contributed by atoms with Crippen molar-refractivity contribution in [3.05, 3.63) is 55.4 Å². The molecule has 2 rings (SSSR count). The normalized spacial score (nSPS) is 10.5. The van der Waals surface area contributed by atoms with E-state index >= 15 is 0 Å². The third-order valence-corrected chi connectivity index (χ3v) is 3.49. The summed E-state index contributed by atoms with van der Waals surface area (Å²) in [4.78, 5) is 11.9. The topological polar surface area (TPSA) is 44.1 Å². The highest BCUT2D eigenvalue weighted by Gasteiger charge is 2.10. The Morgan fingerprint density at radius 3 is 2.74 bits per heavy atom. The van der Waals surface area contributed by atoms with E-state index < -0.39 is 5.56 Å². The SMILES string of the molecule is COc1ccc(Cl)cc1Cn1ncc(Cl)c(Cl)c1=O. The third-order valence-electron chi connectivity index (χ3n) is 2.50. The largest absolute Gasteiger partial charge is 0.496 e. The van der Waals surface area contributed by atoms with E-state index in [2.05, 4.69) is 5.10 Å². The van der Waals surface area contributed by atoms with Crippen LogP contribution in [0.1, 0.15) is 5.56 Å². The maximum Gasteiger partial charge on any atom is 0.287 e. The van der Waals surface area contributed by atoms with Gasteiger partial charge < -0.3 is 4.74 Å². The molecule has 1 aromatic carbocycles. The number of methoxy groups -OCH3 is 1. The molecule has 0 aliphatic rings. The summed E-state index contributed by atoms with van der Waals surface area (Å²) in [5.74, 6) is 0.615. The fourth-order valence-electron chi connectivity index (χ4n) is 1.59. The Morgan fingerprint density at radius 2 is 2.05 bits per heavy atom. The van der Waals surface area contributed by atoms with E-state index in [-0.39, 0.29) is 16.6 Å². The summed E-state index contributed by atoms with van der Waals surface area (Å²) in [7, 11) is 1.54. The zero-order valence-electron chi connectivity index (χ0n) is 9.86. The number of nitrogens with zero attached hydrogens (tertiary/aromatic N) is 2. The third kappa shape index (κ3) is 3.03. The lowest BCUT2D eigenvalue weighted by Gasteiger charge is -2.10. The average Bonchev–Trinajstić information content (AvgIpc) is 2.40. The van der Waals surface area contributed by atoms with E-state index in [4.69, 9.17) is 39.5 Å². The minimum absolute atomic E-state index is 0.0577. The van der Waals surface area contributed by atoms with Gasteiger partial charge in [-0.05, 0) is 18.2 Å². The van der Waals surface area contributed by atoms with Gasteiger partial charge in [-0.1, -0.05) is 34.8 Å². The Bertz CT molecular complexity index is 671. The van der Waals surface area contributed by atoms with Crippen molar-refractivity contribution in [1.29, 1.82) is 0 Å². The summed E-state index contributed by atoms with van der Waals surface area (Å²) in [6.07, 6.45) is 1.32. The van der Waals surface area contributed by atoms with Crippen molar-refractivity contribution in [2.24, 2.45) is 0 Å². The summed E-state index contributed by atoms with van der Waals surface area (Å²) < 4.78 is 6.40. The van der Waals surface area contributed by atoms with Gasteiger partial charge in [-0.15, -0.1) is 0 Å². The molecule has 0 aliphatic carbocycles. The lowest BCUT2D eigenvalue weighted by molar-refractivity contribution is 0.407. The van der Waals surface area contributed by atoms with E-state index in [1.807, 2.05) is 0 Å². The summed E-state index contributed by atoms with van der Waals surface area (Å²) in [5, 5.41) is 4.54. The van der Waals surface area contributed by atoms with Crippen LogP contribution in [0.4, 0.5) is 0 Å². The molecule has 0 saturated carbocycles. The van der Waals surface area contributed by atoms with Crippen LogP contribution < -0.4 is 10.3 Å². The summed E-state index contributed by atoms with van der Waals surface area (Å²) in [5.41, 5.74) is 0.263. The van der Waals surface area contributed by atoms with Crippen LogP contribution in [-0.2, 0) is 6.54 Å². The number of benzene rings is 1. The van der Waals surface area contributed by atoms with Crippen LogP contribution in [0.25, 0.3) is 0 Å². The zero-order chi connectivity index (χ0) is 14.0. The Hall–Kier alpha value is -1.23. The molecule has 19 heavy (non-hydrogen) atoms. The fourth-order valence-corrected chi connectivity index (χ4v) is 2.06. The first-order valence-corrected chi connectivity index (χ1v) is 6.40. The van der Waals surface area contributed by atoms with E-state index in [0.717, 1.165) is 5.56 Å². The van der Waals surface area contributed by atoms with Gasteiger partial charge in [0.05, 0.1) is 24.9 Å². The van der Waals surface area contributed by atoms with Gasteiger partial charge in [-0.25, -0.2) is 4.68 Å². The lowest BCUT2D eigenvalue weighted by Crippen LogP contribution is -2.24. The highest BCUT2D eigenvalue weighted by atomic mass is 35.5. The molecule has 2 aromatic rings. The molecule has 0 saturated heterocycles. The number of hydrogen-bond acceptors (Lipinski definition) is 3. The van der Waals surface area contributed by atoms with Crippen molar-refractivity contribution in [3.8, 4) is 5.75 Å². The number of aromatic nitrogens is 2. The molecule has 0 spiro atoms. The average molecular weight is 320 g/mol. The Balaban J connectivity index is 2.44. The zero-order valence-corrected chi connectivity index (χ0v) is 12.1. The lowest BCUT2D eigenvalue weighted by atomic mass is 10.2. The van der Waals surface area contributed by atoms with E-state index in [0.29, 0.717) is 10.8 Å². The van der Waals surface area contributed by atoms with Gasteiger partial charge in [0, 0.05) is 10.6 Å². The molecular weight excluding hydrogens is 311 g/mol. The molecule has 0 fully saturated rings. The first kappa shape index (κ1) is 14.2. The van der Waals surface area contributed by atoms with Crippen LogP contribution in [0, 0.1) is 0 Å². The van der Waals surface area contributed by atoms with Crippen molar-refractivity contribution >= 4 is 34.8 Å². The van der Waals surface area contributed by atoms with Crippen LogP contribution in [-0.4, -0.2) is 16.9 Å². The second kappa shape index (κ2) is 5.82. The molecule has 7 heteroatoms. The van der Waals surface area contributed by atoms with Gasteiger partial charge in [0.25, 0.3) is 5.56 Å². The highest BCUT2D eigenvalue weighted by Crippen LogP contribution is 2.23. The van der Waals surface area contributed by atoms with Crippen molar-refractivity contribution in [3.63, 3.8) is 0 Å². The van der Waals surface area contributed by atoms with Crippen LogP contribution in [0.2, 0.25) is 15.1 Å². The number of hydrogen-bond donors (Lipinski definition) is 0. The van der Waals surface area contributed by atoms with Crippen LogP contribution in [0.15, 0.2) is 29.2 Å². The monoisotopic (exact) mass is 318 g/mol. The predicted octanol–water partition coefficient (Wildman–Crippen LogP) is 3.26. The molecule has 0 atom stereocenters. The van der Waals surface area contributed by atoms with Gasteiger partial charge in [0.15, 0.2) is 0 Å². The van der Waals surface area contributed by atoms with E-state index in [1.54, 1.807) is 18.2 Å². The summed E-state index contributed by atoms with van der Waals surface area (Å²) in [6.45, 7) is 0.194. The first-order chi connectivity index (χ1) is 9.02. The molecule has 4 nitrogen and oxygen atoms in total. The molecule has 1 aromatic heterocycles. The standard InChI is InChI=1S/C12H9Cl3N2O2/c1-19-10-3-2-8(13)4-7(10)6-17-12(18)11(15)9(14)5-16-17/h2-5H,6H2,1H3. The Labute approximate surface area is 124 Å². The number of ether oxygens (including phenoxy) is 1. The quantitative estimate of drug-likeness (QED) is 0.872. The van der Waals surface area contributed by atoms with Gasteiger partial charge in [0.1, 0.15) is 10.8 Å². The molecule has 0 N–H and O–H groups in total. The van der Waals surface area contributed by atoms with Gasteiger partial charge in [-0.3, -0.25) is 4.79 Å². The second-order valence-corrected chi connectivity index (χ2v) is 4.95. The molecular formula is C12H9Cl3N2O2. The fraction of sp³-hybridized carbons (Fsp3) is 0.167. The maximum absolute atomic E-state index is 11.9. The van der Waals surface area contributed by atoms with Crippen LogP contribution in [0.5, 0.6) is 5.75 Å². The Morgan fingerprint density at radius 1 is 1.32 bits per heavy atom. The Kier molecular flexibility index (Phi) is 4.34. The maximum atomic E-state index is 11.9. The van der Waals surface area contributed by atoms with Gasteiger partial charge in [0.2, 0.25) is 0 Å². The minimum Gasteiger partial charge on any atom is -0.496 e. The number of halogens is 3. The summed E-state index contributed by atoms with van der Waals surface area (Å²) >= 11 is 17.4. The molecule has 1 heterocycles. The van der Waals surface area contributed by atoms with Crippen molar-refractivity contribution in [2.45, 2.75) is 6.54 Å². The minimum atomic E-state index is -0.462. The smallest absolute Gasteiger partial charge is 0.287 e. The second-order valence-electron chi connectivity index (χ2n) is 3.73. The van der Waals surface area contributed by atoms with E-state index in [9.17, 15) is 4.79 Å². The molecule has 0 bridgehead atoms. The van der Waals surface area contributed by atoms with Crippen molar-refractivity contribution in [1.82, 2.24) is 9.78 Å². The van der Waals surface area contributed by atoms with E-state index in [1.165, 1.54) is 18.0 Å².